The summed E-state index contributed by atoms with van der Waals surface area (Å²) in [4.78, 5) is 25.2. The van der Waals surface area contributed by atoms with Gasteiger partial charge in [0, 0.05) is 35.4 Å². The highest BCUT2D eigenvalue weighted by Gasteiger charge is 2.21. The molecule has 1 N–H and O–H groups in total. The molecule has 0 spiro atoms. The van der Waals surface area contributed by atoms with Crippen LogP contribution in [-0.2, 0) is 4.79 Å². The van der Waals surface area contributed by atoms with Gasteiger partial charge in [-0.1, -0.05) is 27.7 Å². The van der Waals surface area contributed by atoms with Crippen LogP contribution in [0.3, 0.4) is 0 Å². The van der Waals surface area contributed by atoms with Crippen molar-refractivity contribution in [1.29, 1.82) is 0 Å². The molecule has 2 amide bonds. The Balaban J connectivity index is 1.49. The summed E-state index contributed by atoms with van der Waals surface area (Å²) in [6.07, 6.45) is 0.295. The Morgan fingerprint density at radius 2 is 1.76 bits per heavy atom. The van der Waals surface area contributed by atoms with Gasteiger partial charge in [0.2, 0.25) is 5.91 Å². The molecule has 25 heavy (non-hydrogen) atoms. The Morgan fingerprint density at radius 1 is 1.12 bits per heavy atom. The predicted molar refractivity (Wildman–Crippen MR) is 103 cm³/mol. The molecule has 2 aromatic rings. The van der Waals surface area contributed by atoms with Crippen LogP contribution in [0.2, 0.25) is 0 Å². The van der Waals surface area contributed by atoms with E-state index in [2.05, 4.69) is 21.2 Å². The molecular weight excluding hydrogens is 404 g/mol. The van der Waals surface area contributed by atoms with E-state index >= 15 is 0 Å². The summed E-state index contributed by atoms with van der Waals surface area (Å²) in [5, 5.41) is 2.89. The van der Waals surface area contributed by atoms with E-state index < -0.39 is 0 Å². The fraction of sp³-hybridized carbons (Fsp3) is 0.222. The lowest BCUT2D eigenvalue weighted by molar-refractivity contribution is -0.116. The number of anilines is 1. The van der Waals surface area contributed by atoms with Crippen LogP contribution in [-0.4, -0.2) is 34.9 Å². The van der Waals surface area contributed by atoms with Gasteiger partial charge < -0.3 is 15.0 Å². The second kappa shape index (κ2) is 8.40. The van der Waals surface area contributed by atoms with E-state index in [0.717, 1.165) is 22.5 Å². The van der Waals surface area contributed by atoms with Gasteiger partial charge in [-0.25, -0.2) is 0 Å². The highest BCUT2D eigenvalue weighted by molar-refractivity contribution is 9.10. The van der Waals surface area contributed by atoms with Crippen molar-refractivity contribution in [3.8, 4) is 11.5 Å². The third kappa shape index (κ3) is 5.24. The Kier molecular flexibility index (Phi) is 5.99. The SMILES string of the molecule is O=C(CCN1CCSC1=O)Nc1ccc(Oc2ccc(Br)cc2)cc1. The molecular formula is C18H17BrN2O3S. The number of thioether (sulfide) groups is 1. The van der Waals surface area contributed by atoms with Crippen molar-refractivity contribution in [2.45, 2.75) is 6.42 Å². The number of amides is 2. The number of benzene rings is 2. The van der Waals surface area contributed by atoms with Crippen molar-refractivity contribution >= 4 is 44.5 Å². The standard InChI is InChI=1S/C18H17BrN2O3S/c19-13-1-5-15(6-2-13)24-16-7-3-14(4-8-16)20-17(22)9-10-21-11-12-25-18(21)23/h1-8H,9-12H2,(H,20,22). The van der Waals surface area contributed by atoms with Gasteiger partial charge in [0.25, 0.3) is 5.24 Å². The molecule has 0 saturated carbocycles. The number of hydrogen-bond donors (Lipinski definition) is 1. The molecule has 0 aliphatic carbocycles. The summed E-state index contributed by atoms with van der Waals surface area (Å²) in [5.74, 6) is 2.14. The first-order valence-corrected chi connectivity index (χ1v) is 9.63. The van der Waals surface area contributed by atoms with Crippen molar-refractivity contribution in [1.82, 2.24) is 4.90 Å². The zero-order valence-corrected chi connectivity index (χ0v) is 15.8. The Hall–Kier alpha value is -1.99. The third-order valence-corrected chi connectivity index (χ3v) is 5.06. The van der Waals surface area contributed by atoms with Gasteiger partial charge in [0.05, 0.1) is 0 Å². The summed E-state index contributed by atoms with van der Waals surface area (Å²) < 4.78 is 6.73. The zero-order chi connectivity index (χ0) is 17.6. The number of ether oxygens (including phenoxy) is 1. The quantitative estimate of drug-likeness (QED) is 0.732. The first-order valence-electron chi connectivity index (χ1n) is 7.85. The van der Waals surface area contributed by atoms with E-state index in [1.165, 1.54) is 11.8 Å². The van der Waals surface area contributed by atoms with E-state index in [9.17, 15) is 9.59 Å². The van der Waals surface area contributed by atoms with E-state index in [1.54, 1.807) is 29.2 Å². The largest absolute Gasteiger partial charge is 0.457 e. The zero-order valence-electron chi connectivity index (χ0n) is 13.4. The lowest BCUT2D eigenvalue weighted by Crippen LogP contribution is -2.27. The molecule has 0 radical (unpaired) electrons. The molecule has 0 atom stereocenters. The molecule has 130 valence electrons. The normalized spacial score (nSPS) is 13.8. The first-order chi connectivity index (χ1) is 12.1. The van der Waals surface area contributed by atoms with Gasteiger partial charge in [-0.15, -0.1) is 0 Å². The van der Waals surface area contributed by atoms with Gasteiger partial charge in [-0.3, -0.25) is 9.59 Å². The lowest BCUT2D eigenvalue weighted by Gasteiger charge is -2.14. The molecule has 7 heteroatoms. The lowest BCUT2D eigenvalue weighted by atomic mass is 10.2. The van der Waals surface area contributed by atoms with Crippen LogP contribution in [0.1, 0.15) is 6.42 Å². The number of nitrogens with zero attached hydrogens (tertiary/aromatic N) is 1. The van der Waals surface area contributed by atoms with Gasteiger partial charge in [-0.05, 0) is 48.5 Å². The number of rotatable bonds is 6. The number of carbonyl (C=O) groups is 2. The summed E-state index contributed by atoms with van der Waals surface area (Å²) in [5.41, 5.74) is 0.704. The second-order valence-corrected chi connectivity index (χ2v) is 7.44. The average molecular weight is 421 g/mol. The van der Waals surface area contributed by atoms with Crippen LogP contribution in [0.15, 0.2) is 53.0 Å². The second-order valence-electron chi connectivity index (χ2n) is 5.48. The van der Waals surface area contributed by atoms with E-state index in [4.69, 9.17) is 4.74 Å². The summed E-state index contributed by atoms with van der Waals surface area (Å²) in [7, 11) is 0. The molecule has 1 heterocycles. The van der Waals surface area contributed by atoms with Crippen molar-refractivity contribution in [3.63, 3.8) is 0 Å². The smallest absolute Gasteiger partial charge is 0.281 e. The number of carbonyl (C=O) groups excluding carboxylic acids is 2. The summed E-state index contributed by atoms with van der Waals surface area (Å²) in [6.45, 7) is 1.18. The molecule has 5 nitrogen and oxygen atoms in total. The number of halogens is 1. The maximum atomic E-state index is 12.0. The van der Waals surface area contributed by atoms with Gasteiger partial charge in [-0.2, -0.15) is 0 Å². The minimum Gasteiger partial charge on any atom is -0.457 e. The van der Waals surface area contributed by atoms with Crippen molar-refractivity contribution in [3.05, 3.63) is 53.0 Å². The molecule has 1 aliphatic rings. The first kappa shape index (κ1) is 17.8. The van der Waals surface area contributed by atoms with E-state index in [1.807, 2.05) is 24.3 Å². The van der Waals surface area contributed by atoms with Gasteiger partial charge in [0.15, 0.2) is 0 Å². The molecule has 1 aliphatic heterocycles. The van der Waals surface area contributed by atoms with Gasteiger partial charge in [0.1, 0.15) is 11.5 Å². The highest BCUT2D eigenvalue weighted by atomic mass is 79.9. The number of nitrogens with one attached hydrogen (secondary N) is 1. The molecule has 0 unspecified atom stereocenters. The fourth-order valence-electron chi connectivity index (χ4n) is 2.33. The minimum absolute atomic E-state index is 0.0576. The highest BCUT2D eigenvalue weighted by Crippen LogP contribution is 2.24. The number of hydrogen-bond acceptors (Lipinski definition) is 4. The van der Waals surface area contributed by atoms with Crippen LogP contribution in [0, 0.1) is 0 Å². The predicted octanol–water partition coefficient (Wildman–Crippen LogP) is 4.74. The molecule has 1 fully saturated rings. The van der Waals surface area contributed by atoms with Crippen molar-refractivity contribution < 1.29 is 14.3 Å². The van der Waals surface area contributed by atoms with E-state index in [0.29, 0.717) is 24.4 Å². The summed E-state index contributed by atoms with van der Waals surface area (Å²) in [6, 6.07) is 14.8. The van der Waals surface area contributed by atoms with Crippen LogP contribution >= 0.6 is 27.7 Å². The fourth-order valence-corrected chi connectivity index (χ4v) is 3.45. The molecule has 3 rings (SSSR count). The maximum Gasteiger partial charge on any atom is 0.281 e. The van der Waals surface area contributed by atoms with Crippen LogP contribution in [0.4, 0.5) is 10.5 Å². The monoisotopic (exact) mass is 420 g/mol. The van der Waals surface area contributed by atoms with E-state index in [-0.39, 0.29) is 11.1 Å². The maximum absolute atomic E-state index is 12.0. The molecule has 1 saturated heterocycles. The topological polar surface area (TPSA) is 58.6 Å². The Labute approximate surface area is 158 Å². The third-order valence-electron chi connectivity index (χ3n) is 3.64. The van der Waals surface area contributed by atoms with Crippen LogP contribution in [0.25, 0.3) is 0 Å². The van der Waals surface area contributed by atoms with Crippen molar-refractivity contribution in [2.75, 3.05) is 24.2 Å². The Morgan fingerprint density at radius 3 is 2.36 bits per heavy atom. The van der Waals surface area contributed by atoms with Crippen LogP contribution in [0.5, 0.6) is 11.5 Å². The molecule has 0 bridgehead atoms. The van der Waals surface area contributed by atoms with Crippen LogP contribution < -0.4 is 10.1 Å². The molecule has 0 aromatic heterocycles. The minimum atomic E-state index is -0.105. The Bertz CT molecular complexity index is 750. The summed E-state index contributed by atoms with van der Waals surface area (Å²) >= 11 is 4.68. The molecule has 2 aromatic carbocycles. The van der Waals surface area contributed by atoms with Crippen molar-refractivity contribution in [2.24, 2.45) is 0 Å². The van der Waals surface area contributed by atoms with Gasteiger partial charge >= 0.3 is 0 Å². The average Bonchev–Trinajstić information content (AvgIpc) is 3.02.